The van der Waals surface area contributed by atoms with Crippen LogP contribution in [-0.2, 0) is 4.79 Å². The van der Waals surface area contributed by atoms with Gasteiger partial charge < -0.3 is 9.64 Å². The van der Waals surface area contributed by atoms with Gasteiger partial charge in [0.1, 0.15) is 11.6 Å². The van der Waals surface area contributed by atoms with Crippen LogP contribution < -0.4 is 4.74 Å². The van der Waals surface area contributed by atoms with Gasteiger partial charge in [-0.15, -0.1) is 11.3 Å². The van der Waals surface area contributed by atoms with Crippen molar-refractivity contribution in [3.05, 3.63) is 51.4 Å². The zero-order valence-corrected chi connectivity index (χ0v) is 13.4. The van der Waals surface area contributed by atoms with E-state index in [2.05, 4.69) is 6.07 Å². The zero-order chi connectivity index (χ0) is 15.5. The molecule has 2 aromatic rings. The molecule has 0 radical (unpaired) electrons. The third-order valence-corrected chi connectivity index (χ3v) is 4.96. The number of hydrogen-bond acceptors (Lipinski definition) is 3. The second-order valence-electron chi connectivity index (χ2n) is 5.12. The smallest absolute Gasteiger partial charge is 0.261 e. The van der Waals surface area contributed by atoms with Gasteiger partial charge in [-0.05, 0) is 42.5 Å². The summed E-state index contributed by atoms with van der Waals surface area (Å²) in [4.78, 5) is 15.4. The minimum absolute atomic E-state index is 0.0729. The number of carbonyl (C=O) groups excluding carboxylic acids is 1. The Hall–Kier alpha value is -1.59. The standard InChI is InChI=1S/C16H15ClFNO2S/c17-12-9-11(18)5-6-14(12)21-10-16(20)19-7-1-3-13(19)15-4-2-8-22-15/h2,4-6,8-9,13H,1,3,7,10H2. The highest BCUT2D eigenvalue weighted by molar-refractivity contribution is 7.10. The molecule has 1 fully saturated rings. The summed E-state index contributed by atoms with van der Waals surface area (Å²) in [6.45, 7) is 0.648. The molecule has 3 nitrogen and oxygen atoms in total. The van der Waals surface area contributed by atoms with Crippen LogP contribution in [0.5, 0.6) is 5.75 Å². The molecule has 3 rings (SSSR count). The van der Waals surface area contributed by atoms with E-state index in [0.29, 0.717) is 5.75 Å². The molecular weight excluding hydrogens is 325 g/mol. The van der Waals surface area contributed by atoms with Gasteiger partial charge in [0.25, 0.3) is 5.91 Å². The molecule has 1 aromatic carbocycles. The van der Waals surface area contributed by atoms with Crippen molar-refractivity contribution in [1.82, 2.24) is 4.90 Å². The molecule has 116 valence electrons. The van der Waals surface area contributed by atoms with Crippen LogP contribution in [0.4, 0.5) is 4.39 Å². The molecule has 1 aliphatic rings. The molecule has 22 heavy (non-hydrogen) atoms. The zero-order valence-electron chi connectivity index (χ0n) is 11.8. The highest BCUT2D eigenvalue weighted by Crippen LogP contribution is 2.34. The summed E-state index contributed by atoms with van der Waals surface area (Å²) in [6, 6.07) is 8.06. The Balaban J connectivity index is 1.64. The lowest BCUT2D eigenvalue weighted by atomic mass is 10.2. The summed E-state index contributed by atoms with van der Waals surface area (Å²) in [7, 11) is 0. The van der Waals surface area contributed by atoms with Crippen molar-refractivity contribution in [2.75, 3.05) is 13.2 Å². The number of thiophene rings is 1. The van der Waals surface area contributed by atoms with Crippen molar-refractivity contribution in [3.8, 4) is 5.75 Å². The lowest BCUT2D eigenvalue weighted by molar-refractivity contribution is -0.134. The van der Waals surface area contributed by atoms with Crippen molar-refractivity contribution >= 4 is 28.8 Å². The van der Waals surface area contributed by atoms with E-state index in [0.717, 1.165) is 19.4 Å². The maximum absolute atomic E-state index is 13.0. The summed E-state index contributed by atoms with van der Waals surface area (Å²) in [6.07, 6.45) is 1.97. The minimum Gasteiger partial charge on any atom is -0.482 e. The molecule has 0 saturated carbocycles. The molecule has 1 aliphatic heterocycles. The average Bonchev–Trinajstić information content (AvgIpc) is 3.16. The highest BCUT2D eigenvalue weighted by Gasteiger charge is 2.30. The van der Waals surface area contributed by atoms with Crippen molar-refractivity contribution in [2.24, 2.45) is 0 Å². The van der Waals surface area contributed by atoms with Gasteiger partial charge in [0.05, 0.1) is 11.1 Å². The molecule has 1 saturated heterocycles. The Morgan fingerprint density at radius 1 is 1.45 bits per heavy atom. The van der Waals surface area contributed by atoms with Crippen LogP contribution in [0.1, 0.15) is 23.8 Å². The molecule has 6 heteroatoms. The van der Waals surface area contributed by atoms with Crippen molar-refractivity contribution < 1.29 is 13.9 Å². The summed E-state index contributed by atoms with van der Waals surface area (Å²) in [5, 5.41) is 2.19. The first-order valence-corrected chi connectivity index (χ1v) is 8.31. The SMILES string of the molecule is O=C(COc1ccc(F)cc1Cl)N1CCCC1c1cccs1. The maximum atomic E-state index is 13.0. The van der Waals surface area contributed by atoms with Gasteiger partial charge in [-0.2, -0.15) is 0 Å². The van der Waals surface area contributed by atoms with Crippen LogP contribution in [-0.4, -0.2) is 24.0 Å². The third-order valence-electron chi connectivity index (χ3n) is 3.69. The van der Waals surface area contributed by atoms with Gasteiger partial charge in [-0.25, -0.2) is 4.39 Å². The van der Waals surface area contributed by atoms with E-state index in [1.807, 2.05) is 16.3 Å². The summed E-state index contributed by atoms with van der Waals surface area (Å²) >= 11 is 7.56. The predicted molar refractivity (Wildman–Crippen MR) is 84.9 cm³/mol. The Labute approximate surface area is 137 Å². The normalized spacial score (nSPS) is 17.7. The van der Waals surface area contributed by atoms with E-state index in [9.17, 15) is 9.18 Å². The first-order chi connectivity index (χ1) is 10.6. The molecule has 1 unspecified atom stereocenters. The molecule has 0 spiro atoms. The molecule has 0 bridgehead atoms. The fourth-order valence-electron chi connectivity index (χ4n) is 2.66. The number of benzene rings is 1. The number of carbonyl (C=O) groups is 1. The Bertz CT molecular complexity index is 662. The van der Waals surface area contributed by atoms with Gasteiger partial charge in [0, 0.05) is 11.4 Å². The maximum Gasteiger partial charge on any atom is 0.261 e. The third kappa shape index (κ3) is 3.25. The number of halogens is 2. The molecule has 1 atom stereocenters. The number of ether oxygens (including phenoxy) is 1. The lowest BCUT2D eigenvalue weighted by Gasteiger charge is -2.24. The monoisotopic (exact) mass is 339 g/mol. The highest BCUT2D eigenvalue weighted by atomic mass is 35.5. The van der Waals surface area contributed by atoms with Crippen LogP contribution in [0.25, 0.3) is 0 Å². The van der Waals surface area contributed by atoms with E-state index in [1.165, 1.54) is 23.1 Å². The van der Waals surface area contributed by atoms with Crippen LogP contribution in [0.2, 0.25) is 5.02 Å². The first kappa shape index (κ1) is 15.3. The molecule has 0 aliphatic carbocycles. The van der Waals surface area contributed by atoms with Crippen molar-refractivity contribution in [1.29, 1.82) is 0 Å². The van der Waals surface area contributed by atoms with Crippen LogP contribution in [0, 0.1) is 5.82 Å². The predicted octanol–water partition coefficient (Wildman–Crippen LogP) is 4.28. The van der Waals surface area contributed by atoms with Crippen LogP contribution >= 0.6 is 22.9 Å². The second-order valence-corrected chi connectivity index (χ2v) is 6.51. The average molecular weight is 340 g/mol. The van der Waals surface area contributed by atoms with Gasteiger partial charge in [0.15, 0.2) is 6.61 Å². The molecule has 1 amide bonds. The van der Waals surface area contributed by atoms with E-state index < -0.39 is 5.82 Å². The number of rotatable bonds is 4. The quantitative estimate of drug-likeness (QED) is 0.832. The fourth-order valence-corrected chi connectivity index (χ4v) is 3.75. The van der Waals surface area contributed by atoms with Crippen LogP contribution in [0.3, 0.4) is 0 Å². The van der Waals surface area contributed by atoms with E-state index >= 15 is 0 Å². The fraction of sp³-hybridized carbons (Fsp3) is 0.312. The molecule has 2 heterocycles. The molecule has 1 aromatic heterocycles. The van der Waals surface area contributed by atoms with Gasteiger partial charge >= 0.3 is 0 Å². The van der Waals surface area contributed by atoms with Gasteiger partial charge in [-0.1, -0.05) is 17.7 Å². The number of hydrogen-bond donors (Lipinski definition) is 0. The number of nitrogens with zero attached hydrogens (tertiary/aromatic N) is 1. The Morgan fingerprint density at radius 2 is 2.32 bits per heavy atom. The van der Waals surface area contributed by atoms with Gasteiger partial charge in [0.2, 0.25) is 0 Å². The second kappa shape index (κ2) is 6.67. The lowest BCUT2D eigenvalue weighted by Crippen LogP contribution is -2.34. The Kier molecular flexibility index (Phi) is 4.64. The van der Waals surface area contributed by atoms with E-state index in [-0.39, 0.29) is 23.6 Å². The van der Waals surface area contributed by atoms with Gasteiger partial charge in [-0.3, -0.25) is 4.79 Å². The topological polar surface area (TPSA) is 29.5 Å². The Morgan fingerprint density at radius 3 is 3.05 bits per heavy atom. The van der Waals surface area contributed by atoms with E-state index in [1.54, 1.807) is 11.3 Å². The van der Waals surface area contributed by atoms with Crippen molar-refractivity contribution in [3.63, 3.8) is 0 Å². The number of amides is 1. The summed E-state index contributed by atoms with van der Waals surface area (Å²) in [5.41, 5.74) is 0. The summed E-state index contributed by atoms with van der Waals surface area (Å²) in [5.74, 6) is -0.180. The minimum atomic E-state index is -0.430. The molecule has 0 N–H and O–H groups in total. The van der Waals surface area contributed by atoms with Crippen molar-refractivity contribution in [2.45, 2.75) is 18.9 Å². The first-order valence-electron chi connectivity index (χ1n) is 7.06. The largest absolute Gasteiger partial charge is 0.482 e. The number of likely N-dealkylation sites (tertiary alicyclic amines) is 1. The van der Waals surface area contributed by atoms with Crippen LogP contribution in [0.15, 0.2) is 35.7 Å². The van der Waals surface area contributed by atoms with E-state index in [4.69, 9.17) is 16.3 Å². The summed E-state index contributed by atoms with van der Waals surface area (Å²) < 4.78 is 18.4. The molecular formula is C16H15ClFNO2S.